The first-order valence-corrected chi connectivity index (χ1v) is 14.0. The summed E-state index contributed by atoms with van der Waals surface area (Å²) in [6.45, 7) is 7.18. The SMILES string of the molecule is Nc1ncc(-c2nc(N3CCOCC3)nc3c2CCN3c2ccc(CN3CCN(CCC(F)(F)F)CC3)cc2)cn1. The summed E-state index contributed by atoms with van der Waals surface area (Å²) in [5.74, 6) is 1.77. The number of morpholine rings is 1. The van der Waals surface area contributed by atoms with E-state index in [0.717, 1.165) is 74.0 Å². The van der Waals surface area contributed by atoms with E-state index in [1.165, 1.54) is 5.56 Å². The second kappa shape index (κ2) is 11.7. The van der Waals surface area contributed by atoms with Crippen molar-refractivity contribution in [1.29, 1.82) is 0 Å². The maximum atomic E-state index is 12.6. The molecule has 3 aromatic rings. The number of nitrogens with two attached hydrogens (primary N) is 1. The van der Waals surface area contributed by atoms with E-state index in [1.807, 2.05) is 4.90 Å². The van der Waals surface area contributed by atoms with Crippen molar-refractivity contribution in [2.75, 3.05) is 81.1 Å². The fourth-order valence-corrected chi connectivity index (χ4v) is 5.59. The Morgan fingerprint density at radius 1 is 0.854 bits per heavy atom. The van der Waals surface area contributed by atoms with Gasteiger partial charge in [-0.1, -0.05) is 12.1 Å². The van der Waals surface area contributed by atoms with Gasteiger partial charge < -0.3 is 25.2 Å². The van der Waals surface area contributed by atoms with Crippen molar-refractivity contribution < 1.29 is 17.9 Å². The van der Waals surface area contributed by atoms with Gasteiger partial charge in [0.25, 0.3) is 0 Å². The quantitative estimate of drug-likeness (QED) is 0.457. The molecule has 0 saturated carbocycles. The lowest BCUT2D eigenvalue weighted by atomic mass is 10.1. The molecule has 2 aromatic heterocycles. The minimum atomic E-state index is -4.10. The minimum absolute atomic E-state index is 0.0766. The standard InChI is InChI=1S/C28H34F3N9O/c29-28(30,31)6-8-37-9-11-38(12-10-37)19-20-1-3-22(4-2-20)40-7-5-23-24(21-17-33-26(32)34-18-21)35-27(36-25(23)40)39-13-15-41-16-14-39/h1-4,17-18H,5-16,19H2,(H2,32,33,34). The Kier molecular flexibility index (Phi) is 7.91. The van der Waals surface area contributed by atoms with Crippen LogP contribution in [0.1, 0.15) is 17.5 Å². The molecule has 0 radical (unpaired) electrons. The second-order valence-corrected chi connectivity index (χ2v) is 10.7. The number of anilines is 4. The van der Waals surface area contributed by atoms with Crippen LogP contribution in [0, 0.1) is 0 Å². The maximum absolute atomic E-state index is 12.6. The number of hydrogen-bond donors (Lipinski definition) is 1. The predicted molar refractivity (Wildman–Crippen MR) is 150 cm³/mol. The molecule has 0 amide bonds. The number of piperazine rings is 1. The van der Waals surface area contributed by atoms with Crippen molar-refractivity contribution in [3.63, 3.8) is 0 Å². The molecule has 2 N–H and O–H groups in total. The predicted octanol–water partition coefficient (Wildman–Crippen LogP) is 3.12. The van der Waals surface area contributed by atoms with Gasteiger partial charge in [0.15, 0.2) is 0 Å². The van der Waals surface area contributed by atoms with Gasteiger partial charge in [-0.25, -0.2) is 15.0 Å². The summed E-state index contributed by atoms with van der Waals surface area (Å²) >= 11 is 0. The van der Waals surface area contributed by atoms with Gasteiger partial charge in [-0.15, -0.1) is 0 Å². The molecule has 13 heteroatoms. The zero-order valence-electron chi connectivity index (χ0n) is 22.9. The molecule has 2 fully saturated rings. The number of benzene rings is 1. The number of hydrogen-bond acceptors (Lipinski definition) is 10. The topological polar surface area (TPSA) is 99.8 Å². The Hall–Kier alpha value is -3.55. The Balaban J connectivity index is 1.17. The van der Waals surface area contributed by atoms with Crippen molar-refractivity contribution in [1.82, 2.24) is 29.7 Å². The van der Waals surface area contributed by atoms with E-state index in [-0.39, 0.29) is 12.5 Å². The van der Waals surface area contributed by atoms with Crippen LogP contribution in [0.4, 0.5) is 36.6 Å². The highest BCUT2D eigenvalue weighted by atomic mass is 19.4. The summed E-state index contributed by atoms with van der Waals surface area (Å²) in [7, 11) is 0. The summed E-state index contributed by atoms with van der Waals surface area (Å²) in [5.41, 5.74) is 10.7. The summed E-state index contributed by atoms with van der Waals surface area (Å²) in [6, 6.07) is 8.49. The lowest BCUT2D eigenvalue weighted by Crippen LogP contribution is -2.46. The molecule has 0 unspecified atom stereocenters. The van der Waals surface area contributed by atoms with Crippen LogP contribution >= 0.6 is 0 Å². The normalized spacial score (nSPS) is 18.6. The third-order valence-electron chi connectivity index (χ3n) is 7.88. The van der Waals surface area contributed by atoms with Gasteiger partial charge in [-0.2, -0.15) is 18.2 Å². The molecule has 3 aliphatic heterocycles. The largest absolute Gasteiger partial charge is 0.390 e. The Morgan fingerprint density at radius 2 is 1.54 bits per heavy atom. The number of halogens is 3. The molecule has 5 heterocycles. The summed E-state index contributed by atoms with van der Waals surface area (Å²) in [4.78, 5) is 26.9. The van der Waals surface area contributed by atoms with Gasteiger partial charge in [0, 0.05) is 88.1 Å². The van der Waals surface area contributed by atoms with E-state index in [1.54, 1.807) is 12.4 Å². The first kappa shape index (κ1) is 27.6. The molecule has 1 aromatic carbocycles. The van der Waals surface area contributed by atoms with Crippen LogP contribution < -0.4 is 15.5 Å². The average Bonchev–Trinajstić information content (AvgIpc) is 3.41. The molecule has 3 aliphatic rings. The Morgan fingerprint density at radius 3 is 2.22 bits per heavy atom. The molecule has 0 spiro atoms. The molecular formula is C28H34F3N9O. The molecule has 0 bridgehead atoms. The highest BCUT2D eigenvalue weighted by molar-refractivity contribution is 5.76. The number of alkyl halides is 3. The van der Waals surface area contributed by atoms with Crippen molar-refractivity contribution in [2.24, 2.45) is 0 Å². The van der Waals surface area contributed by atoms with Crippen LogP contribution in [0.2, 0.25) is 0 Å². The van der Waals surface area contributed by atoms with Crippen LogP contribution in [-0.2, 0) is 17.7 Å². The molecule has 41 heavy (non-hydrogen) atoms. The fraction of sp³-hybridized carbons (Fsp3) is 0.500. The number of nitrogens with zero attached hydrogens (tertiary/aromatic N) is 8. The zero-order valence-corrected chi connectivity index (χ0v) is 22.9. The molecular weight excluding hydrogens is 535 g/mol. The zero-order chi connectivity index (χ0) is 28.4. The number of ether oxygens (including phenoxy) is 1. The van der Waals surface area contributed by atoms with E-state index < -0.39 is 12.6 Å². The Bertz CT molecular complexity index is 1320. The highest BCUT2D eigenvalue weighted by Gasteiger charge is 2.30. The first-order valence-electron chi connectivity index (χ1n) is 14.0. The molecule has 10 nitrogen and oxygen atoms in total. The molecule has 0 aliphatic carbocycles. The smallest absolute Gasteiger partial charge is 0.378 e. The summed E-state index contributed by atoms with van der Waals surface area (Å²) < 4.78 is 43.2. The average molecular weight is 570 g/mol. The van der Waals surface area contributed by atoms with Gasteiger partial charge in [0.1, 0.15) is 5.82 Å². The van der Waals surface area contributed by atoms with E-state index in [2.05, 4.69) is 48.9 Å². The number of rotatable bonds is 7. The van der Waals surface area contributed by atoms with Crippen molar-refractivity contribution >= 4 is 23.4 Å². The summed E-state index contributed by atoms with van der Waals surface area (Å²) in [5, 5.41) is 0. The Labute approximate surface area is 237 Å². The van der Waals surface area contributed by atoms with Gasteiger partial charge in [-0.3, -0.25) is 4.90 Å². The van der Waals surface area contributed by atoms with Gasteiger partial charge >= 0.3 is 6.18 Å². The number of aromatic nitrogens is 4. The van der Waals surface area contributed by atoms with Crippen LogP contribution in [0.3, 0.4) is 0 Å². The first-order chi connectivity index (χ1) is 19.8. The highest BCUT2D eigenvalue weighted by Crippen LogP contribution is 2.39. The van der Waals surface area contributed by atoms with Crippen LogP contribution in [-0.4, -0.2) is 101 Å². The maximum Gasteiger partial charge on any atom is 0.390 e. The van der Waals surface area contributed by atoms with E-state index in [4.69, 9.17) is 20.4 Å². The van der Waals surface area contributed by atoms with E-state index in [0.29, 0.717) is 32.3 Å². The number of fused-ring (bicyclic) bond motifs is 1. The van der Waals surface area contributed by atoms with Crippen molar-refractivity contribution in [2.45, 2.75) is 25.6 Å². The minimum Gasteiger partial charge on any atom is -0.378 e. The van der Waals surface area contributed by atoms with Crippen LogP contribution in [0.5, 0.6) is 0 Å². The van der Waals surface area contributed by atoms with Crippen molar-refractivity contribution in [3.05, 3.63) is 47.8 Å². The van der Waals surface area contributed by atoms with Gasteiger partial charge in [0.2, 0.25) is 11.9 Å². The van der Waals surface area contributed by atoms with Gasteiger partial charge in [-0.05, 0) is 24.1 Å². The van der Waals surface area contributed by atoms with Crippen molar-refractivity contribution in [3.8, 4) is 11.3 Å². The third-order valence-corrected chi connectivity index (χ3v) is 7.88. The molecule has 218 valence electrons. The van der Waals surface area contributed by atoms with E-state index in [9.17, 15) is 13.2 Å². The molecule has 6 rings (SSSR count). The van der Waals surface area contributed by atoms with Crippen LogP contribution in [0.25, 0.3) is 11.3 Å². The third kappa shape index (κ3) is 6.52. The molecule has 2 saturated heterocycles. The van der Waals surface area contributed by atoms with Gasteiger partial charge in [0.05, 0.1) is 25.3 Å². The lowest BCUT2D eigenvalue weighted by molar-refractivity contribution is -0.138. The monoisotopic (exact) mass is 569 g/mol. The number of nitrogen functional groups attached to an aromatic ring is 1. The second-order valence-electron chi connectivity index (χ2n) is 10.7. The lowest BCUT2D eigenvalue weighted by Gasteiger charge is -2.34. The summed E-state index contributed by atoms with van der Waals surface area (Å²) in [6.07, 6.45) is -0.638. The fourth-order valence-electron chi connectivity index (χ4n) is 5.59. The van der Waals surface area contributed by atoms with Crippen LogP contribution in [0.15, 0.2) is 36.7 Å². The molecule has 0 atom stereocenters. The van der Waals surface area contributed by atoms with E-state index >= 15 is 0 Å².